The minimum Gasteiger partial charge on any atom is -0.295 e. The maximum atomic E-state index is 10.5. The van der Waals surface area contributed by atoms with Crippen molar-refractivity contribution >= 4 is 16.8 Å². The summed E-state index contributed by atoms with van der Waals surface area (Å²) < 4.78 is 0. The van der Waals surface area contributed by atoms with Gasteiger partial charge in [0.15, 0.2) is 0 Å². The first kappa shape index (κ1) is 10.7. The first-order valence-electron chi connectivity index (χ1n) is 4.74. The molecule has 1 rings (SSSR count). The van der Waals surface area contributed by atoms with Gasteiger partial charge in [0, 0.05) is 12.1 Å². The predicted molar refractivity (Wildman–Crippen MR) is 54.9 cm³/mol. The molecule has 0 aliphatic carbocycles. The average Bonchev–Trinajstić information content (AvgIpc) is 2.47. The van der Waals surface area contributed by atoms with Crippen LogP contribution in [0.25, 0.3) is 0 Å². The van der Waals surface area contributed by atoms with Crippen LogP contribution in [0.4, 0.5) is 0 Å². The van der Waals surface area contributed by atoms with Gasteiger partial charge >= 0.3 is 0 Å². The molecule has 0 aromatic carbocycles. The highest BCUT2D eigenvalue weighted by molar-refractivity contribution is 6.66. The summed E-state index contributed by atoms with van der Waals surface area (Å²) in [6.07, 6.45) is 5.73. The lowest BCUT2D eigenvalue weighted by atomic mass is 10.2. The van der Waals surface area contributed by atoms with Crippen molar-refractivity contribution in [1.29, 1.82) is 0 Å². The molecule has 1 atom stereocenters. The van der Waals surface area contributed by atoms with E-state index >= 15 is 0 Å². The molecule has 0 N–H and O–H groups in total. The normalized spacial score (nSPS) is 24.8. The molecule has 0 radical (unpaired) electrons. The Morgan fingerprint density at radius 3 is 2.85 bits per heavy atom. The number of hydrogen-bond acceptors (Lipinski definition) is 2. The van der Waals surface area contributed by atoms with Crippen LogP contribution in [0.15, 0.2) is 12.2 Å². The van der Waals surface area contributed by atoms with Crippen molar-refractivity contribution in [2.75, 3.05) is 6.54 Å². The molecular weight excluding hydrogens is 186 g/mol. The Morgan fingerprint density at radius 2 is 2.31 bits per heavy atom. The van der Waals surface area contributed by atoms with E-state index in [1.165, 1.54) is 12.5 Å². The smallest absolute Gasteiger partial charge is 0.244 e. The van der Waals surface area contributed by atoms with Gasteiger partial charge in [-0.25, -0.2) is 0 Å². The SMILES string of the molecule is CC(C)N1CCC[C@@H]1/C=C/C(=O)Cl. The minimum absolute atomic E-state index is 0.379. The summed E-state index contributed by atoms with van der Waals surface area (Å²) in [5.74, 6) is 0. The monoisotopic (exact) mass is 201 g/mol. The van der Waals surface area contributed by atoms with Crippen molar-refractivity contribution in [3.05, 3.63) is 12.2 Å². The Morgan fingerprint density at radius 1 is 1.62 bits per heavy atom. The van der Waals surface area contributed by atoms with Crippen molar-refractivity contribution in [3.8, 4) is 0 Å². The summed E-state index contributed by atoms with van der Waals surface area (Å²) >= 11 is 5.24. The van der Waals surface area contributed by atoms with Crippen molar-refractivity contribution in [1.82, 2.24) is 4.90 Å². The van der Waals surface area contributed by atoms with Gasteiger partial charge in [-0.05, 0) is 50.9 Å². The molecule has 1 aliphatic heterocycles. The highest BCUT2D eigenvalue weighted by Gasteiger charge is 2.23. The third-order valence-corrected chi connectivity index (χ3v) is 2.58. The van der Waals surface area contributed by atoms with Crippen LogP contribution in [0, 0.1) is 0 Å². The number of nitrogens with zero attached hydrogens (tertiary/aromatic N) is 1. The predicted octanol–water partition coefficient (Wildman–Crippen LogP) is 2.18. The molecule has 0 aromatic heterocycles. The van der Waals surface area contributed by atoms with Gasteiger partial charge in [0.2, 0.25) is 5.24 Å². The first-order chi connectivity index (χ1) is 6.11. The van der Waals surface area contributed by atoms with E-state index in [2.05, 4.69) is 18.7 Å². The third kappa shape index (κ3) is 3.12. The van der Waals surface area contributed by atoms with Gasteiger partial charge in [-0.15, -0.1) is 0 Å². The Kier molecular flexibility index (Phi) is 3.94. The highest BCUT2D eigenvalue weighted by atomic mass is 35.5. The summed E-state index contributed by atoms with van der Waals surface area (Å²) in [5, 5.41) is -0.379. The molecule has 13 heavy (non-hydrogen) atoms. The van der Waals surface area contributed by atoms with Crippen LogP contribution in [-0.4, -0.2) is 28.8 Å². The Hall–Kier alpha value is -0.340. The lowest BCUT2D eigenvalue weighted by molar-refractivity contribution is -0.107. The molecule has 0 amide bonds. The molecule has 3 heteroatoms. The second kappa shape index (κ2) is 4.77. The maximum Gasteiger partial charge on any atom is 0.244 e. The van der Waals surface area contributed by atoms with E-state index in [1.807, 2.05) is 6.08 Å². The molecule has 0 saturated carbocycles. The van der Waals surface area contributed by atoms with Crippen molar-refractivity contribution < 1.29 is 4.79 Å². The zero-order valence-electron chi connectivity index (χ0n) is 8.16. The fourth-order valence-corrected chi connectivity index (χ4v) is 1.92. The summed E-state index contributed by atoms with van der Waals surface area (Å²) in [6, 6.07) is 0.949. The molecule has 1 heterocycles. The second-order valence-corrected chi connectivity index (χ2v) is 4.08. The largest absolute Gasteiger partial charge is 0.295 e. The molecule has 74 valence electrons. The number of halogens is 1. The summed E-state index contributed by atoms with van der Waals surface area (Å²) in [5.41, 5.74) is 0. The number of hydrogen-bond donors (Lipinski definition) is 0. The lowest BCUT2D eigenvalue weighted by Gasteiger charge is -2.25. The van der Waals surface area contributed by atoms with E-state index in [0.29, 0.717) is 12.1 Å². The Bertz CT molecular complexity index is 213. The molecule has 2 nitrogen and oxygen atoms in total. The highest BCUT2D eigenvalue weighted by Crippen LogP contribution is 2.20. The van der Waals surface area contributed by atoms with E-state index in [4.69, 9.17) is 11.6 Å². The van der Waals surface area contributed by atoms with E-state index in [1.54, 1.807) is 0 Å². The van der Waals surface area contributed by atoms with Crippen molar-refractivity contribution in [2.45, 2.75) is 38.8 Å². The lowest BCUT2D eigenvalue weighted by Crippen LogP contribution is -2.34. The Balaban J connectivity index is 2.53. The molecule has 1 saturated heterocycles. The number of carbonyl (C=O) groups is 1. The zero-order chi connectivity index (χ0) is 9.84. The van der Waals surface area contributed by atoms with Gasteiger partial charge < -0.3 is 0 Å². The first-order valence-corrected chi connectivity index (χ1v) is 5.12. The van der Waals surface area contributed by atoms with Gasteiger partial charge in [0.1, 0.15) is 0 Å². The van der Waals surface area contributed by atoms with Crippen LogP contribution < -0.4 is 0 Å². The topological polar surface area (TPSA) is 20.3 Å². The maximum absolute atomic E-state index is 10.5. The number of allylic oxidation sites excluding steroid dienone is 1. The number of rotatable bonds is 3. The van der Waals surface area contributed by atoms with Crippen LogP contribution in [0.3, 0.4) is 0 Å². The third-order valence-electron chi connectivity index (χ3n) is 2.45. The molecule has 0 spiro atoms. The van der Waals surface area contributed by atoms with Crippen LogP contribution in [-0.2, 0) is 4.79 Å². The standard InChI is InChI=1S/C10H16ClNO/c1-8(2)12-7-3-4-9(12)5-6-10(11)13/h5-6,8-9H,3-4,7H2,1-2H3/b6-5+/t9-/m1/s1. The van der Waals surface area contributed by atoms with E-state index in [0.717, 1.165) is 13.0 Å². The summed E-state index contributed by atoms with van der Waals surface area (Å²) in [6.45, 7) is 5.48. The fourth-order valence-electron chi connectivity index (χ4n) is 1.85. The molecular formula is C10H16ClNO. The van der Waals surface area contributed by atoms with Gasteiger partial charge in [-0.1, -0.05) is 6.08 Å². The summed E-state index contributed by atoms with van der Waals surface area (Å²) in [7, 11) is 0. The summed E-state index contributed by atoms with van der Waals surface area (Å²) in [4.78, 5) is 12.9. The zero-order valence-corrected chi connectivity index (χ0v) is 8.92. The second-order valence-electron chi connectivity index (χ2n) is 3.70. The van der Waals surface area contributed by atoms with Gasteiger partial charge in [0.05, 0.1) is 0 Å². The molecule has 0 bridgehead atoms. The average molecular weight is 202 g/mol. The van der Waals surface area contributed by atoms with Crippen LogP contribution in [0.5, 0.6) is 0 Å². The molecule has 0 aromatic rings. The van der Waals surface area contributed by atoms with E-state index in [9.17, 15) is 4.79 Å². The number of likely N-dealkylation sites (tertiary alicyclic amines) is 1. The van der Waals surface area contributed by atoms with E-state index in [-0.39, 0.29) is 5.24 Å². The van der Waals surface area contributed by atoms with E-state index < -0.39 is 0 Å². The molecule has 1 fully saturated rings. The molecule has 1 aliphatic rings. The quantitative estimate of drug-likeness (QED) is 0.516. The molecule has 0 unspecified atom stereocenters. The van der Waals surface area contributed by atoms with Gasteiger partial charge in [-0.2, -0.15) is 0 Å². The Labute approximate surface area is 84.6 Å². The number of carbonyl (C=O) groups excluding carboxylic acids is 1. The van der Waals surface area contributed by atoms with Crippen molar-refractivity contribution in [2.24, 2.45) is 0 Å². The minimum atomic E-state index is -0.379. The fraction of sp³-hybridized carbons (Fsp3) is 0.700. The van der Waals surface area contributed by atoms with Crippen molar-refractivity contribution in [3.63, 3.8) is 0 Å². The van der Waals surface area contributed by atoms with Gasteiger partial charge in [-0.3, -0.25) is 9.69 Å². The van der Waals surface area contributed by atoms with Gasteiger partial charge in [0.25, 0.3) is 0 Å². The van der Waals surface area contributed by atoms with Crippen LogP contribution in [0.1, 0.15) is 26.7 Å². The van der Waals surface area contributed by atoms with Crippen LogP contribution in [0.2, 0.25) is 0 Å². The van der Waals surface area contributed by atoms with Crippen LogP contribution >= 0.6 is 11.6 Å².